The summed E-state index contributed by atoms with van der Waals surface area (Å²) in [5, 5.41) is 12.9. The maximum absolute atomic E-state index is 12.9. The van der Waals surface area contributed by atoms with Crippen LogP contribution in [0, 0.1) is 0 Å². The third kappa shape index (κ3) is 3.89. The maximum atomic E-state index is 12.9. The van der Waals surface area contributed by atoms with Crippen molar-refractivity contribution in [1.82, 2.24) is 24.9 Å². The first kappa shape index (κ1) is 19.7. The number of aromatic nitrogens is 3. The Balaban J connectivity index is 1.25. The molecule has 2 aliphatic rings. The van der Waals surface area contributed by atoms with Crippen molar-refractivity contribution in [2.45, 2.75) is 30.8 Å². The molecule has 2 amide bonds. The number of aliphatic hydroxyl groups is 1. The molecule has 1 aliphatic carbocycles. The van der Waals surface area contributed by atoms with Gasteiger partial charge in [-0.1, -0.05) is 6.07 Å². The molecule has 1 atom stereocenters. The molecule has 2 fully saturated rings. The summed E-state index contributed by atoms with van der Waals surface area (Å²) in [6.45, 7) is 0.380. The van der Waals surface area contributed by atoms with Gasteiger partial charge in [0.25, 0.3) is 11.8 Å². The summed E-state index contributed by atoms with van der Waals surface area (Å²) in [7, 11) is 0. The van der Waals surface area contributed by atoms with Crippen LogP contribution in [0.5, 0.6) is 0 Å². The zero-order chi connectivity index (χ0) is 21.6. The van der Waals surface area contributed by atoms with E-state index in [0.29, 0.717) is 30.1 Å². The van der Waals surface area contributed by atoms with Crippen LogP contribution in [0.4, 0.5) is 0 Å². The number of H-pyrrole nitrogens is 1. The molecule has 0 spiro atoms. The van der Waals surface area contributed by atoms with Gasteiger partial charge in [-0.05, 0) is 43.5 Å². The third-order valence-electron chi connectivity index (χ3n) is 5.98. The number of β-amino-alcohol motifs (C(OH)–C–C–N with tert-alkyl or cyclic N) is 1. The number of pyridine rings is 2. The second kappa shape index (κ2) is 7.44. The van der Waals surface area contributed by atoms with Crippen molar-refractivity contribution in [2.24, 2.45) is 5.84 Å². The van der Waals surface area contributed by atoms with Gasteiger partial charge < -0.3 is 15.0 Å². The monoisotopic (exact) mass is 420 g/mol. The highest BCUT2D eigenvalue weighted by Crippen LogP contribution is 2.38. The lowest BCUT2D eigenvalue weighted by Gasteiger charge is -2.28. The standard InChI is InChI=1S/C22H24N6O3/c23-28(21(30)18-3-1-2-17(26-18)14-4-5-14)13-22(31)7-9-27(12-22)20(29)16-10-15-6-8-24-19(15)25-11-16/h1-3,6,8,10-11,14,31H,4-5,7,9,12-13,23H2,(H,24,25)/t22-/m1/s1. The summed E-state index contributed by atoms with van der Waals surface area (Å²) in [5.41, 5.74) is 1.07. The first-order valence-electron chi connectivity index (χ1n) is 10.4. The van der Waals surface area contributed by atoms with Crippen LogP contribution in [0.2, 0.25) is 0 Å². The normalized spacial score (nSPS) is 20.9. The van der Waals surface area contributed by atoms with E-state index in [1.807, 2.05) is 18.2 Å². The number of likely N-dealkylation sites (tertiary alicyclic amines) is 1. The summed E-state index contributed by atoms with van der Waals surface area (Å²) in [4.78, 5) is 38.9. The molecule has 5 rings (SSSR count). The van der Waals surface area contributed by atoms with Crippen LogP contribution in [0.25, 0.3) is 11.0 Å². The van der Waals surface area contributed by atoms with Crippen molar-refractivity contribution in [1.29, 1.82) is 0 Å². The Bertz CT molecular complexity index is 1160. The summed E-state index contributed by atoms with van der Waals surface area (Å²) in [6.07, 6.45) is 5.80. The van der Waals surface area contributed by atoms with E-state index in [0.717, 1.165) is 28.9 Å². The van der Waals surface area contributed by atoms with Crippen molar-refractivity contribution >= 4 is 22.8 Å². The van der Waals surface area contributed by atoms with Gasteiger partial charge in [-0.15, -0.1) is 0 Å². The quantitative estimate of drug-likeness (QED) is 0.325. The molecule has 3 aromatic rings. The number of carbonyl (C=O) groups excluding carboxylic acids is 2. The van der Waals surface area contributed by atoms with Gasteiger partial charge in [-0.2, -0.15) is 0 Å². The summed E-state index contributed by atoms with van der Waals surface area (Å²) in [6, 6.07) is 8.98. The number of hydrogen-bond acceptors (Lipinski definition) is 6. The number of hydrogen-bond donors (Lipinski definition) is 3. The molecule has 9 heteroatoms. The summed E-state index contributed by atoms with van der Waals surface area (Å²) in [5.74, 6) is 5.78. The fourth-order valence-electron chi connectivity index (χ4n) is 4.11. The number of aromatic amines is 1. The first-order chi connectivity index (χ1) is 14.9. The van der Waals surface area contributed by atoms with Crippen LogP contribution < -0.4 is 5.84 Å². The Labute approximate surface area is 178 Å². The molecule has 0 bridgehead atoms. The van der Waals surface area contributed by atoms with E-state index >= 15 is 0 Å². The highest BCUT2D eigenvalue weighted by molar-refractivity contribution is 5.97. The molecule has 1 saturated carbocycles. The van der Waals surface area contributed by atoms with Gasteiger partial charge >= 0.3 is 0 Å². The molecule has 0 aromatic carbocycles. The van der Waals surface area contributed by atoms with E-state index in [-0.39, 0.29) is 24.7 Å². The Morgan fingerprint density at radius 3 is 2.97 bits per heavy atom. The summed E-state index contributed by atoms with van der Waals surface area (Å²) < 4.78 is 0. The molecule has 4 heterocycles. The van der Waals surface area contributed by atoms with Crippen molar-refractivity contribution in [3.63, 3.8) is 0 Å². The van der Waals surface area contributed by atoms with Crippen molar-refractivity contribution in [3.05, 3.63) is 59.7 Å². The molecule has 1 saturated heterocycles. The van der Waals surface area contributed by atoms with Gasteiger partial charge in [0, 0.05) is 35.9 Å². The van der Waals surface area contributed by atoms with Crippen LogP contribution in [0.1, 0.15) is 51.7 Å². The molecule has 1 aliphatic heterocycles. The van der Waals surface area contributed by atoms with Crippen molar-refractivity contribution in [2.75, 3.05) is 19.6 Å². The fourth-order valence-corrected chi connectivity index (χ4v) is 4.11. The number of rotatable bonds is 5. The van der Waals surface area contributed by atoms with Crippen LogP contribution in [0.3, 0.4) is 0 Å². The molecule has 31 heavy (non-hydrogen) atoms. The second-order valence-electron chi connectivity index (χ2n) is 8.50. The van der Waals surface area contributed by atoms with E-state index in [4.69, 9.17) is 5.84 Å². The van der Waals surface area contributed by atoms with Gasteiger partial charge in [0.05, 0.1) is 18.7 Å². The van der Waals surface area contributed by atoms with Crippen LogP contribution in [0.15, 0.2) is 42.7 Å². The average molecular weight is 420 g/mol. The van der Waals surface area contributed by atoms with E-state index in [1.54, 1.807) is 23.2 Å². The van der Waals surface area contributed by atoms with E-state index in [1.165, 1.54) is 6.20 Å². The van der Waals surface area contributed by atoms with Crippen molar-refractivity contribution in [3.8, 4) is 0 Å². The largest absolute Gasteiger partial charge is 0.386 e. The number of amides is 2. The molecule has 3 aromatic heterocycles. The Hall–Kier alpha value is -3.30. The zero-order valence-corrected chi connectivity index (χ0v) is 17.0. The van der Waals surface area contributed by atoms with E-state index in [9.17, 15) is 14.7 Å². The lowest BCUT2D eigenvalue weighted by molar-refractivity contribution is 0.0114. The van der Waals surface area contributed by atoms with Crippen LogP contribution >= 0.6 is 0 Å². The van der Waals surface area contributed by atoms with E-state index in [2.05, 4.69) is 15.0 Å². The topological polar surface area (TPSA) is 128 Å². The lowest BCUT2D eigenvalue weighted by atomic mass is 10.0. The number of fused-ring (bicyclic) bond motifs is 1. The zero-order valence-electron chi connectivity index (χ0n) is 17.0. The molecular weight excluding hydrogens is 396 g/mol. The molecule has 9 nitrogen and oxygen atoms in total. The SMILES string of the molecule is NN(C[C@@]1(O)CCN(C(=O)c2cnc3[nH]ccc3c2)C1)C(=O)c1cccc(C2CC2)n1. The lowest BCUT2D eigenvalue weighted by Crippen LogP contribution is -2.51. The molecule has 0 unspecified atom stereocenters. The average Bonchev–Trinajstić information content (AvgIpc) is 3.40. The minimum absolute atomic E-state index is 0.0833. The van der Waals surface area contributed by atoms with Gasteiger partial charge in [-0.3, -0.25) is 14.6 Å². The smallest absolute Gasteiger partial charge is 0.286 e. The molecule has 0 radical (unpaired) electrons. The number of nitrogens with one attached hydrogen (secondary N) is 1. The first-order valence-corrected chi connectivity index (χ1v) is 10.4. The van der Waals surface area contributed by atoms with Crippen LogP contribution in [-0.4, -0.2) is 67.0 Å². The Kier molecular flexibility index (Phi) is 4.71. The molecule has 4 N–H and O–H groups in total. The number of carbonyl (C=O) groups is 2. The van der Waals surface area contributed by atoms with Crippen molar-refractivity contribution < 1.29 is 14.7 Å². The second-order valence-corrected chi connectivity index (χ2v) is 8.50. The molecule has 160 valence electrons. The summed E-state index contributed by atoms with van der Waals surface area (Å²) >= 11 is 0. The number of nitrogens with two attached hydrogens (primary N) is 1. The van der Waals surface area contributed by atoms with Gasteiger partial charge in [-0.25, -0.2) is 15.8 Å². The maximum Gasteiger partial charge on any atom is 0.286 e. The van der Waals surface area contributed by atoms with E-state index < -0.39 is 11.5 Å². The predicted molar refractivity (Wildman–Crippen MR) is 113 cm³/mol. The number of hydrazine groups is 1. The minimum Gasteiger partial charge on any atom is -0.386 e. The van der Waals surface area contributed by atoms with Gasteiger partial charge in [0.1, 0.15) is 16.9 Å². The highest BCUT2D eigenvalue weighted by Gasteiger charge is 2.40. The highest BCUT2D eigenvalue weighted by atomic mass is 16.3. The van der Waals surface area contributed by atoms with Gasteiger partial charge in [0.15, 0.2) is 0 Å². The van der Waals surface area contributed by atoms with Gasteiger partial charge in [0.2, 0.25) is 0 Å². The van der Waals surface area contributed by atoms with Crippen LogP contribution in [-0.2, 0) is 0 Å². The predicted octanol–water partition coefficient (Wildman–Crippen LogP) is 1.43. The molecular formula is C22H24N6O3. The third-order valence-corrected chi connectivity index (χ3v) is 5.98. The fraction of sp³-hybridized carbons (Fsp3) is 0.364. The Morgan fingerprint density at radius 1 is 1.32 bits per heavy atom. The minimum atomic E-state index is -1.28. The Morgan fingerprint density at radius 2 is 2.16 bits per heavy atom. The number of nitrogens with zero attached hydrogens (tertiary/aromatic N) is 4.